The zero-order valence-corrected chi connectivity index (χ0v) is 16.3. The predicted molar refractivity (Wildman–Crippen MR) is 103 cm³/mol. The first kappa shape index (κ1) is 20.3. The zero-order valence-electron chi connectivity index (χ0n) is 16.3. The lowest BCUT2D eigenvalue weighted by molar-refractivity contribution is -0.138. The van der Waals surface area contributed by atoms with E-state index in [4.69, 9.17) is 9.84 Å². The first-order valence-corrected chi connectivity index (χ1v) is 9.55. The van der Waals surface area contributed by atoms with Gasteiger partial charge in [0.25, 0.3) is 5.91 Å². The van der Waals surface area contributed by atoms with Crippen LogP contribution in [0, 0.1) is 11.8 Å². The van der Waals surface area contributed by atoms with E-state index < -0.39 is 5.97 Å². The summed E-state index contributed by atoms with van der Waals surface area (Å²) in [5, 5.41) is 11.7. The van der Waals surface area contributed by atoms with Gasteiger partial charge in [0.2, 0.25) is 5.91 Å². The summed E-state index contributed by atoms with van der Waals surface area (Å²) >= 11 is 0. The number of carbonyl (C=O) groups is 3. The Morgan fingerprint density at radius 2 is 1.96 bits per heavy atom. The number of anilines is 1. The Balaban J connectivity index is 1.54. The Hall–Kier alpha value is -2.45. The van der Waals surface area contributed by atoms with Gasteiger partial charge in [-0.3, -0.25) is 19.3 Å². The predicted octanol–water partition coefficient (Wildman–Crippen LogP) is 1.14. The summed E-state index contributed by atoms with van der Waals surface area (Å²) in [7, 11) is 1.72. The van der Waals surface area contributed by atoms with Crippen LogP contribution in [-0.2, 0) is 14.3 Å². The van der Waals surface area contributed by atoms with Crippen LogP contribution in [0.15, 0.2) is 24.3 Å². The molecule has 0 bridgehead atoms. The molecule has 8 nitrogen and oxygen atoms in total. The third-order valence-corrected chi connectivity index (χ3v) is 5.19. The van der Waals surface area contributed by atoms with Gasteiger partial charge in [-0.15, -0.1) is 0 Å². The lowest BCUT2D eigenvalue weighted by atomic mass is 10.1. The summed E-state index contributed by atoms with van der Waals surface area (Å²) < 4.78 is 5.67. The molecule has 2 fully saturated rings. The molecule has 2 amide bonds. The molecule has 3 unspecified atom stereocenters. The maximum atomic E-state index is 12.8. The Kier molecular flexibility index (Phi) is 6.31. The van der Waals surface area contributed by atoms with Crippen LogP contribution in [-0.4, -0.2) is 78.6 Å². The maximum Gasteiger partial charge on any atom is 0.317 e. The first-order chi connectivity index (χ1) is 13.3. The average molecular weight is 389 g/mol. The van der Waals surface area contributed by atoms with Crippen molar-refractivity contribution in [3.8, 4) is 0 Å². The zero-order chi connectivity index (χ0) is 20.3. The second-order valence-corrected chi connectivity index (χ2v) is 7.72. The van der Waals surface area contributed by atoms with E-state index in [1.165, 1.54) is 0 Å². The van der Waals surface area contributed by atoms with E-state index in [0.717, 1.165) is 6.42 Å². The van der Waals surface area contributed by atoms with E-state index in [1.807, 2.05) is 0 Å². The molecule has 0 aromatic heterocycles. The number of nitrogens with one attached hydrogen (secondary N) is 1. The summed E-state index contributed by atoms with van der Waals surface area (Å²) in [6, 6.07) is 6.93. The number of ether oxygens (including phenoxy) is 1. The number of amides is 2. The van der Waals surface area contributed by atoms with Crippen molar-refractivity contribution < 1.29 is 24.2 Å². The SMILES string of the molecule is CC1CC1C(=O)Nc1ccc(C(=O)N2CCOC(CN(C)CC(=O)O)C2)cc1. The van der Waals surface area contributed by atoms with E-state index in [2.05, 4.69) is 12.2 Å². The number of carboxylic acids is 1. The largest absolute Gasteiger partial charge is 0.480 e. The molecule has 3 atom stereocenters. The molecule has 0 radical (unpaired) electrons. The standard InChI is InChI=1S/C20H27N3O5/c1-13-9-17(13)19(26)21-15-5-3-14(4-6-15)20(27)23-7-8-28-16(11-23)10-22(2)12-18(24)25/h3-6,13,16-17H,7-12H2,1-2H3,(H,21,26)(H,24,25). The van der Waals surface area contributed by atoms with Gasteiger partial charge in [0.05, 0.1) is 19.3 Å². The van der Waals surface area contributed by atoms with E-state index in [9.17, 15) is 14.4 Å². The molecule has 152 valence electrons. The van der Waals surface area contributed by atoms with Gasteiger partial charge < -0.3 is 20.1 Å². The lowest BCUT2D eigenvalue weighted by Crippen LogP contribution is -2.49. The molecule has 1 saturated heterocycles. The number of nitrogens with zero attached hydrogens (tertiary/aromatic N) is 2. The topological polar surface area (TPSA) is 99.2 Å². The molecular weight excluding hydrogens is 362 g/mol. The normalized spacial score (nSPS) is 24.1. The summed E-state index contributed by atoms with van der Waals surface area (Å²) in [5.41, 5.74) is 1.24. The monoisotopic (exact) mass is 389 g/mol. The number of carboxylic acid groups (broad SMARTS) is 1. The van der Waals surface area contributed by atoms with Crippen molar-refractivity contribution in [1.82, 2.24) is 9.80 Å². The van der Waals surface area contributed by atoms with E-state index in [-0.39, 0.29) is 30.4 Å². The van der Waals surface area contributed by atoms with Crippen molar-refractivity contribution in [3.05, 3.63) is 29.8 Å². The summed E-state index contributed by atoms with van der Waals surface area (Å²) in [5.74, 6) is -0.402. The Labute approximate surface area is 164 Å². The number of aliphatic carboxylic acids is 1. The van der Waals surface area contributed by atoms with Crippen LogP contribution in [0.3, 0.4) is 0 Å². The molecule has 3 rings (SSSR count). The summed E-state index contributed by atoms with van der Waals surface area (Å²) in [6.07, 6.45) is 0.712. The molecule has 1 aliphatic carbocycles. The smallest absolute Gasteiger partial charge is 0.317 e. The molecule has 0 spiro atoms. The van der Waals surface area contributed by atoms with Crippen molar-refractivity contribution in [2.75, 3.05) is 45.2 Å². The maximum absolute atomic E-state index is 12.8. The van der Waals surface area contributed by atoms with Crippen molar-refractivity contribution in [3.63, 3.8) is 0 Å². The Bertz CT molecular complexity index is 736. The molecular formula is C20H27N3O5. The minimum atomic E-state index is -0.894. The van der Waals surface area contributed by atoms with Crippen molar-refractivity contribution >= 4 is 23.5 Å². The molecule has 1 heterocycles. The molecule has 8 heteroatoms. The van der Waals surface area contributed by atoms with Gasteiger partial charge in [0, 0.05) is 36.8 Å². The Morgan fingerprint density at radius 1 is 1.29 bits per heavy atom. The van der Waals surface area contributed by atoms with Gasteiger partial charge in [0.15, 0.2) is 0 Å². The number of likely N-dealkylation sites (N-methyl/N-ethyl adjacent to an activating group) is 1. The first-order valence-electron chi connectivity index (χ1n) is 9.55. The van der Waals surface area contributed by atoms with Gasteiger partial charge in [-0.1, -0.05) is 6.92 Å². The van der Waals surface area contributed by atoms with Crippen molar-refractivity contribution in [2.45, 2.75) is 19.4 Å². The average Bonchev–Trinajstić information content (AvgIpc) is 3.38. The second-order valence-electron chi connectivity index (χ2n) is 7.72. The fourth-order valence-corrected chi connectivity index (χ4v) is 3.46. The number of benzene rings is 1. The molecule has 1 aromatic carbocycles. The highest BCUT2D eigenvalue weighted by Gasteiger charge is 2.39. The van der Waals surface area contributed by atoms with Gasteiger partial charge >= 0.3 is 5.97 Å². The minimum Gasteiger partial charge on any atom is -0.480 e. The molecule has 2 aliphatic rings. The Morgan fingerprint density at radius 3 is 2.57 bits per heavy atom. The number of rotatable bonds is 7. The molecule has 1 saturated carbocycles. The fourth-order valence-electron chi connectivity index (χ4n) is 3.46. The highest BCUT2D eigenvalue weighted by atomic mass is 16.5. The number of morpholine rings is 1. The van der Waals surface area contributed by atoms with Crippen LogP contribution in [0.25, 0.3) is 0 Å². The fraction of sp³-hybridized carbons (Fsp3) is 0.550. The van der Waals surface area contributed by atoms with Gasteiger partial charge in [-0.25, -0.2) is 0 Å². The molecule has 28 heavy (non-hydrogen) atoms. The van der Waals surface area contributed by atoms with E-state index in [1.54, 1.807) is 41.1 Å². The second kappa shape index (κ2) is 8.70. The molecule has 1 aromatic rings. The van der Waals surface area contributed by atoms with Gasteiger partial charge in [0.1, 0.15) is 0 Å². The highest BCUT2D eigenvalue weighted by molar-refractivity contribution is 5.97. The summed E-state index contributed by atoms with van der Waals surface area (Å²) in [6.45, 7) is 3.77. The van der Waals surface area contributed by atoms with Crippen LogP contribution >= 0.6 is 0 Å². The van der Waals surface area contributed by atoms with Crippen molar-refractivity contribution in [2.24, 2.45) is 11.8 Å². The quantitative estimate of drug-likeness (QED) is 0.726. The van der Waals surface area contributed by atoms with Crippen LogP contribution in [0.2, 0.25) is 0 Å². The van der Waals surface area contributed by atoms with Gasteiger partial charge in [-0.05, 0) is 43.7 Å². The lowest BCUT2D eigenvalue weighted by Gasteiger charge is -2.34. The summed E-state index contributed by atoms with van der Waals surface area (Å²) in [4.78, 5) is 39.0. The highest BCUT2D eigenvalue weighted by Crippen LogP contribution is 2.38. The number of hydrogen-bond donors (Lipinski definition) is 2. The van der Waals surface area contributed by atoms with Crippen molar-refractivity contribution in [1.29, 1.82) is 0 Å². The number of hydrogen-bond acceptors (Lipinski definition) is 5. The molecule has 2 N–H and O–H groups in total. The third kappa shape index (κ3) is 5.30. The minimum absolute atomic E-state index is 0.0353. The van der Waals surface area contributed by atoms with Crippen LogP contribution in [0.5, 0.6) is 0 Å². The van der Waals surface area contributed by atoms with E-state index >= 15 is 0 Å². The number of carbonyl (C=O) groups excluding carboxylic acids is 2. The third-order valence-electron chi connectivity index (χ3n) is 5.19. The van der Waals surface area contributed by atoms with Gasteiger partial charge in [-0.2, -0.15) is 0 Å². The van der Waals surface area contributed by atoms with Crippen LogP contribution in [0.4, 0.5) is 5.69 Å². The van der Waals surface area contributed by atoms with E-state index in [0.29, 0.717) is 43.4 Å². The van der Waals surface area contributed by atoms with Crippen LogP contribution < -0.4 is 5.32 Å². The molecule has 1 aliphatic heterocycles. The van der Waals surface area contributed by atoms with Crippen LogP contribution in [0.1, 0.15) is 23.7 Å².